The predicted molar refractivity (Wildman–Crippen MR) is 89.9 cm³/mol. The topological polar surface area (TPSA) is 112 Å². The summed E-state index contributed by atoms with van der Waals surface area (Å²) >= 11 is 1.46. The van der Waals surface area contributed by atoms with Crippen molar-refractivity contribution in [1.29, 1.82) is 0 Å². The van der Waals surface area contributed by atoms with E-state index in [9.17, 15) is 14.4 Å². The fraction of sp³-hybridized carbons (Fsp3) is 0.800. The van der Waals surface area contributed by atoms with Crippen molar-refractivity contribution in [3.05, 3.63) is 0 Å². The Labute approximate surface area is 147 Å². The molecule has 0 heterocycles. The first-order valence-corrected chi connectivity index (χ1v) is 9.91. The molecule has 0 aromatic rings. The van der Waals surface area contributed by atoms with Crippen molar-refractivity contribution in [2.24, 2.45) is 0 Å². The molecule has 0 aromatic heterocycles. The molecule has 0 amide bonds. The molecule has 0 saturated carbocycles. The van der Waals surface area contributed by atoms with Gasteiger partial charge in [0.2, 0.25) is 0 Å². The normalized spacial score (nSPS) is 8.05. The standard InChI is InChI=1S/C6H13.3C3H6O2.Sn.H/c1-3-5-6-4-2;3*1-2-3(4)5;;/h1,3-6H2,2H3;3*2H2,1H3,(H,4,5);;. The molecule has 132 valence electrons. The Hall–Kier alpha value is -0.791. The third-order valence-corrected chi connectivity index (χ3v) is 3.13. The summed E-state index contributed by atoms with van der Waals surface area (Å²) in [6, 6.07) is 0. The van der Waals surface area contributed by atoms with Crippen LogP contribution >= 0.6 is 0 Å². The van der Waals surface area contributed by atoms with Crippen molar-refractivity contribution in [2.45, 2.75) is 77.1 Å². The molecule has 0 aliphatic rings. The van der Waals surface area contributed by atoms with Crippen molar-refractivity contribution < 1.29 is 29.7 Å². The van der Waals surface area contributed by atoms with Crippen LogP contribution in [0, 0.1) is 0 Å². The van der Waals surface area contributed by atoms with Gasteiger partial charge < -0.3 is 15.3 Å². The molecule has 2 radical (unpaired) electrons. The van der Waals surface area contributed by atoms with Crippen LogP contribution in [-0.2, 0) is 14.4 Å². The second-order valence-electron chi connectivity index (χ2n) is 4.09. The first kappa shape index (κ1) is 29.2. The zero-order valence-electron chi connectivity index (χ0n) is 14.3. The second-order valence-corrected chi connectivity index (χ2v) is 5.74. The van der Waals surface area contributed by atoms with Crippen molar-refractivity contribution in [2.75, 3.05) is 0 Å². The van der Waals surface area contributed by atoms with Crippen LogP contribution < -0.4 is 0 Å². The van der Waals surface area contributed by atoms with Gasteiger partial charge in [-0.25, -0.2) is 0 Å². The van der Waals surface area contributed by atoms with Gasteiger partial charge in [-0.2, -0.15) is 0 Å². The van der Waals surface area contributed by atoms with Crippen LogP contribution in [0.15, 0.2) is 0 Å². The van der Waals surface area contributed by atoms with Gasteiger partial charge in [0, 0.05) is 19.3 Å². The van der Waals surface area contributed by atoms with Crippen molar-refractivity contribution in [3.63, 3.8) is 0 Å². The zero-order valence-corrected chi connectivity index (χ0v) is 17.6. The van der Waals surface area contributed by atoms with E-state index in [1.807, 2.05) is 0 Å². The van der Waals surface area contributed by atoms with Gasteiger partial charge in [-0.05, 0) is 0 Å². The summed E-state index contributed by atoms with van der Waals surface area (Å²) < 4.78 is 1.49. The summed E-state index contributed by atoms with van der Waals surface area (Å²) in [6.45, 7) is 7.05. The number of hydrogen-bond donors (Lipinski definition) is 3. The molecule has 3 N–H and O–H groups in total. The van der Waals surface area contributed by atoms with Gasteiger partial charge >= 0.3 is 77.5 Å². The van der Waals surface area contributed by atoms with Crippen molar-refractivity contribution in [1.82, 2.24) is 0 Å². The molecule has 0 aliphatic carbocycles. The number of carboxylic acid groups (broad SMARTS) is 3. The number of hydrogen-bond acceptors (Lipinski definition) is 3. The van der Waals surface area contributed by atoms with Gasteiger partial charge in [-0.15, -0.1) is 0 Å². The SMILES string of the molecule is CCC(=O)O.CCC(=O)O.CCC(=O)O.CCCCC[CH2][SnH]. The summed E-state index contributed by atoms with van der Waals surface area (Å²) in [6.07, 6.45) is 6.44. The Morgan fingerprint density at radius 3 is 1.09 bits per heavy atom. The van der Waals surface area contributed by atoms with E-state index >= 15 is 0 Å². The molecule has 0 fully saturated rings. The van der Waals surface area contributed by atoms with Gasteiger partial charge in [0.15, 0.2) is 0 Å². The molecule has 0 bridgehead atoms. The monoisotopic (exact) mass is 428 g/mol. The average Bonchev–Trinajstić information content (AvgIpc) is 2.49. The van der Waals surface area contributed by atoms with Crippen LogP contribution in [0.5, 0.6) is 0 Å². The molecule has 6 nitrogen and oxygen atoms in total. The molecular formula is C15H32O6Sn. The Morgan fingerprint density at radius 2 is 0.955 bits per heavy atom. The van der Waals surface area contributed by atoms with Crippen molar-refractivity contribution >= 4 is 40.4 Å². The molecule has 0 saturated heterocycles. The summed E-state index contributed by atoms with van der Waals surface area (Å²) in [4.78, 5) is 28.1. The molecule has 22 heavy (non-hydrogen) atoms. The molecule has 0 rings (SSSR count). The van der Waals surface area contributed by atoms with Gasteiger partial charge in [-0.1, -0.05) is 20.8 Å². The van der Waals surface area contributed by atoms with Crippen LogP contribution in [0.4, 0.5) is 0 Å². The minimum absolute atomic E-state index is 0.222. The fourth-order valence-electron chi connectivity index (χ4n) is 0.571. The molecule has 0 aliphatic heterocycles. The summed E-state index contributed by atoms with van der Waals surface area (Å²) in [5, 5.41) is 23.2. The minimum atomic E-state index is -0.745. The van der Waals surface area contributed by atoms with E-state index in [1.54, 1.807) is 20.8 Å². The second kappa shape index (κ2) is 28.4. The summed E-state index contributed by atoms with van der Waals surface area (Å²) in [5.41, 5.74) is 0. The van der Waals surface area contributed by atoms with Crippen LogP contribution in [0.2, 0.25) is 4.44 Å². The van der Waals surface area contributed by atoms with Crippen molar-refractivity contribution in [3.8, 4) is 0 Å². The van der Waals surface area contributed by atoms with Gasteiger partial charge in [0.1, 0.15) is 0 Å². The Balaban J connectivity index is -0.0000000995. The van der Waals surface area contributed by atoms with Crippen LogP contribution in [-0.4, -0.2) is 55.8 Å². The molecule has 0 unspecified atom stereocenters. The fourth-order valence-corrected chi connectivity index (χ4v) is 1.40. The molecule has 0 spiro atoms. The predicted octanol–water partition coefficient (Wildman–Crippen LogP) is 3.33. The van der Waals surface area contributed by atoms with E-state index in [-0.39, 0.29) is 19.3 Å². The first-order valence-electron chi connectivity index (χ1n) is 7.58. The number of aliphatic carboxylic acids is 3. The van der Waals surface area contributed by atoms with Crippen LogP contribution in [0.1, 0.15) is 72.6 Å². The summed E-state index contributed by atoms with van der Waals surface area (Å²) in [5.74, 6) is -2.24. The average molecular weight is 427 g/mol. The van der Waals surface area contributed by atoms with E-state index in [2.05, 4.69) is 6.92 Å². The van der Waals surface area contributed by atoms with Crippen LogP contribution in [0.3, 0.4) is 0 Å². The summed E-state index contributed by atoms with van der Waals surface area (Å²) in [7, 11) is 0. The first-order chi connectivity index (χ1) is 10.2. The third-order valence-electron chi connectivity index (χ3n) is 1.97. The number of rotatable bonds is 7. The van der Waals surface area contributed by atoms with E-state index in [4.69, 9.17) is 15.3 Å². The van der Waals surface area contributed by atoms with E-state index in [0.717, 1.165) is 0 Å². The number of carboxylic acids is 3. The van der Waals surface area contributed by atoms with E-state index in [0.29, 0.717) is 0 Å². The maximum absolute atomic E-state index is 9.37. The van der Waals surface area contributed by atoms with Gasteiger partial charge in [0.05, 0.1) is 0 Å². The van der Waals surface area contributed by atoms with Gasteiger partial charge in [0.25, 0.3) is 0 Å². The molecule has 7 heteroatoms. The Bertz CT molecular complexity index is 219. The van der Waals surface area contributed by atoms with E-state index in [1.165, 1.54) is 52.6 Å². The molecule has 0 aromatic carbocycles. The zero-order chi connectivity index (χ0) is 18.4. The van der Waals surface area contributed by atoms with Crippen LogP contribution in [0.25, 0.3) is 0 Å². The molecular weight excluding hydrogens is 395 g/mol. The maximum atomic E-state index is 9.37. The Kier molecular flexibility index (Phi) is 37.7. The number of unbranched alkanes of at least 4 members (excludes halogenated alkanes) is 3. The quantitative estimate of drug-likeness (QED) is 0.425. The number of carbonyl (C=O) groups is 3. The molecule has 0 atom stereocenters. The van der Waals surface area contributed by atoms with E-state index < -0.39 is 17.9 Å². The van der Waals surface area contributed by atoms with Gasteiger partial charge in [-0.3, -0.25) is 14.4 Å². The third kappa shape index (κ3) is 75.1. The Morgan fingerprint density at radius 1 is 0.682 bits per heavy atom.